The lowest BCUT2D eigenvalue weighted by atomic mass is 10.3. The topological polar surface area (TPSA) is 46.9 Å². The lowest BCUT2D eigenvalue weighted by Crippen LogP contribution is -2.15. The Balaban J connectivity index is 2.93. The molecule has 10 heavy (non-hydrogen) atoms. The Morgan fingerprint density at radius 3 is 2.80 bits per heavy atom. The summed E-state index contributed by atoms with van der Waals surface area (Å²) in [6.45, 7) is 3.82. The van der Waals surface area contributed by atoms with Crippen LogP contribution < -0.4 is 5.43 Å². The number of aromatic nitrogens is 2. The molecule has 1 rings (SSSR count). The van der Waals surface area contributed by atoms with Gasteiger partial charge in [0, 0.05) is 0 Å². The van der Waals surface area contributed by atoms with Crippen molar-refractivity contribution in [1.29, 1.82) is 0 Å². The van der Waals surface area contributed by atoms with Crippen LogP contribution in [-0.2, 0) is 4.79 Å². The Labute approximate surface area is 58.8 Å². The van der Waals surface area contributed by atoms with Crippen molar-refractivity contribution in [3.05, 3.63) is 17.5 Å². The van der Waals surface area contributed by atoms with E-state index in [1.165, 1.54) is 4.79 Å². The van der Waals surface area contributed by atoms with Gasteiger partial charge in [0.05, 0.1) is 11.9 Å². The fourth-order valence-electron chi connectivity index (χ4n) is 0.671. The van der Waals surface area contributed by atoms with Crippen molar-refractivity contribution in [3.8, 4) is 0 Å². The molecule has 54 valence electrons. The van der Waals surface area contributed by atoms with Crippen molar-refractivity contribution < 1.29 is 4.79 Å². The van der Waals surface area contributed by atoms with Crippen LogP contribution in [0.4, 0.5) is 0 Å². The number of hydrogen-bond donors (Lipinski definition) is 1. The molecule has 0 spiro atoms. The summed E-state index contributed by atoms with van der Waals surface area (Å²) in [4.78, 5) is 11.4. The van der Waals surface area contributed by atoms with Gasteiger partial charge in [-0.05, 0) is 19.4 Å². The molecule has 0 aliphatic carbocycles. The van der Waals surface area contributed by atoms with E-state index < -0.39 is 0 Å². The molecule has 4 nitrogen and oxygen atoms in total. The second-order valence-electron chi connectivity index (χ2n) is 2.07. The minimum absolute atomic E-state index is 0.597. The van der Waals surface area contributed by atoms with E-state index in [2.05, 4.69) is 10.5 Å². The molecule has 0 saturated carbocycles. The van der Waals surface area contributed by atoms with Gasteiger partial charge in [0.15, 0.2) is 0 Å². The smallest absolute Gasteiger partial charge is 0.227 e. The van der Waals surface area contributed by atoms with Gasteiger partial charge in [0.1, 0.15) is 0 Å². The second-order valence-corrected chi connectivity index (χ2v) is 2.07. The first-order chi connectivity index (χ1) is 4.75. The molecule has 0 aliphatic heterocycles. The fraction of sp³-hybridized carbons (Fsp3) is 0.333. The van der Waals surface area contributed by atoms with Gasteiger partial charge in [-0.15, -0.1) is 0 Å². The molecule has 0 atom stereocenters. The summed E-state index contributed by atoms with van der Waals surface area (Å²) >= 11 is 0. The van der Waals surface area contributed by atoms with E-state index >= 15 is 0 Å². The van der Waals surface area contributed by atoms with Gasteiger partial charge >= 0.3 is 0 Å². The quantitative estimate of drug-likeness (QED) is 0.595. The van der Waals surface area contributed by atoms with Crippen LogP contribution in [0.15, 0.2) is 6.20 Å². The van der Waals surface area contributed by atoms with Crippen LogP contribution in [0.25, 0.3) is 0 Å². The molecule has 0 fully saturated rings. The molecule has 4 heteroatoms. The number of nitrogens with zero attached hydrogens (tertiary/aromatic N) is 2. The average Bonchev–Trinajstić information content (AvgIpc) is 2.20. The number of carbonyl (C=O) groups is 1. The van der Waals surface area contributed by atoms with Gasteiger partial charge in [-0.3, -0.25) is 4.79 Å². The van der Waals surface area contributed by atoms with E-state index in [-0.39, 0.29) is 0 Å². The van der Waals surface area contributed by atoms with Crippen LogP contribution in [0, 0.1) is 13.8 Å². The van der Waals surface area contributed by atoms with Crippen molar-refractivity contribution >= 4 is 6.41 Å². The largest absolute Gasteiger partial charge is 0.277 e. The van der Waals surface area contributed by atoms with Gasteiger partial charge < -0.3 is 0 Å². The predicted molar refractivity (Wildman–Crippen MR) is 37.1 cm³/mol. The molecule has 0 unspecified atom stereocenters. The summed E-state index contributed by atoms with van der Waals surface area (Å²) in [5.74, 6) is 0. The van der Waals surface area contributed by atoms with Gasteiger partial charge in [-0.1, -0.05) is 0 Å². The highest BCUT2D eigenvalue weighted by atomic mass is 16.1. The monoisotopic (exact) mass is 139 g/mol. The Bertz CT molecular complexity index is 241. The van der Waals surface area contributed by atoms with Crippen LogP contribution in [-0.4, -0.2) is 16.3 Å². The van der Waals surface area contributed by atoms with Crippen LogP contribution in [0.3, 0.4) is 0 Å². The molecule has 1 aromatic rings. The summed E-state index contributed by atoms with van der Waals surface area (Å²) in [5.41, 5.74) is 4.44. The lowest BCUT2D eigenvalue weighted by molar-refractivity contribution is -0.106. The molecule has 0 bridgehead atoms. The minimum Gasteiger partial charge on any atom is -0.277 e. The summed E-state index contributed by atoms with van der Waals surface area (Å²) < 4.78 is 0. The number of nitrogens with one attached hydrogen (secondary N) is 1. The molecule has 1 N–H and O–H groups in total. The molecule has 0 saturated heterocycles. The molecule has 1 amide bonds. The minimum atomic E-state index is 0.597. The van der Waals surface area contributed by atoms with Crippen LogP contribution >= 0.6 is 0 Å². The van der Waals surface area contributed by atoms with Crippen LogP contribution in [0.1, 0.15) is 11.3 Å². The molecule has 1 heterocycles. The number of amides is 1. The number of rotatable bonds is 2. The Hall–Kier alpha value is -1.32. The van der Waals surface area contributed by atoms with E-state index in [9.17, 15) is 4.79 Å². The maximum absolute atomic E-state index is 9.96. The van der Waals surface area contributed by atoms with E-state index in [1.807, 2.05) is 13.8 Å². The van der Waals surface area contributed by atoms with E-state index in [1.54, 1.807) is 6.20 Å². The van der Waals surface area contributed by atoms with Gasteiger partial charge in [0.25, 0.3) is 0 Å². The van der Waals surface area contributed by atoms with E-state index in [0.717, 1.165) is 11.3 Å². The lowest BCUT2D eigenvalue weighted by Gasteiger charge is -1.98. The van der Waals surface area contributed by atoms with Crippen molar-refractivity contribution in [2.24, 2.45) is 0 Å². The van der Waals surface area contributed by atoms with Gasteiger partial charge in [-0.25, -0.2) is 5.43 Å². The van der Waals surface area contributed by atoms with Crippen LogP contribution in [0.2, 0.25) is 0 Å². The first-order valence-electron chi connectivity index (χ1n) is 2.97. The molecular formula is C6H9N3O. The van der Waals surface area contributed by atoms with Crippen molar-refractivity contribution in [2.45, 2.75) is 13.8 Å². The number of aryl methyl sites for hydroxylation is 1. The van der Waals surface area contributed by atoms with Gasteiger partial charge in [0.2, 0.25) is 6.41 Å². The predicted octanol–water partition coefficient (Wildman–Crippen LogP) is 0.200. The Morgan fingerprint density at radius 2 is 2.40 bits per heavy atom. The number of hydrogen-bond acceptors (Lipinski definition) is 2. The average molecular weight is 139 g/mol. The maximum Gasteiger partial charge on any atom is 0.227 e. The molecule has 0 radical (unpaired) electrons. The Morgan fingerprint density at radius 1 is 1.70 bits per heavy atom. The first kappa shape index (κ1) is 6.80. The van der Waals surface area contributed by atoms with E-state index in [4.69, 9.17) is 0 Å². The highest BCUT2D eigenvalue weighted by Crippen LogP contribution is 2.01. The molecule has 0 aliphatic rings. The zero-order valence-corrected chi connectivity index (χ0v) is 5.96. The molecule has 0 aromatic carbocycles. The third-order valence-electron chi connectivity index (χ3n) is 1.43. The van der Waals surface area contributed by atoms with Crippen molar-refractivity contribution in [2.75, 3.05) is 5.43 Å². The summed E-state index contributed by atoms with van der Waals surface area (Å²) in [6, 6.07) is 0. The second kappa shape index (κ2) is 2.51. The fourth-order valence-corrected chi connectivity index (χ4v) is 0.671. The zero-order chi connectivity index (χ0) is 7.56. The van der Waals surface area contributed by atoms with E-state index in [0.29, 0.717) is 6.41 Å². The Kier molecular flexibility index (Phi) is 1.71. The van der Waals surface area contributed by atoms with Crippen molar-refractivity contribution in [3.63, 3.8) is 0 Å². The highest BCUT2D eigenvalue weighted by Gasteiger charge is 1.98. The summed E-state index contributed by atoms with van der Waals surface area (Å²) in [6.07, 6.45) is 2.30. The third-order valence-corrected chi connectivity index (χ3v) is 1.43. The summed E-state index contributed by atoms with van der Waals surface area (Å²) in [5, 5.41) is 3.88. The summed E-state index contributed by atoms with van der Waals surface area (Å²) in [7, 11) is 0. The standard InChI is InChI=1S/C6H9N3O/c1-5-3-7-9(6(5)2)8-4-10/h3-4H,1-2H3,(H,8,10). The number of carbonyl (C=O) groups excluding carboxylic acids is 1. The molecule has 1 aromatic heterocycles. The molecular weight excluding hydrogens is 130 g/mol. The van der Waals surface area contributed by atoms with Gasteiger partial charge in [-0.2, -0.15) is 9.89 Å². The zero-order valence-electron chi connectivity index (χ0n) is 5.96. The van der Waals surface area contributed by atoms with Crippen molar-refractivity contribution in [1.82, 2.24) is 9.89 Å². The first-order valence-corrected chi connectivity index (χ1v) is 2.97. The normalized spacial score (nSPS) is 9.40. The highest BCUT2D eigenvalue weighted by molar-refractivity contribution is 5.56. The van der Waals surface area contributed by atoms with Crippen LogP contribution in [0.5, 0.6) is 0 Å². The third kappa shape index (κ3) is 1.00. The maximum atomic E-state index is 9.96. The SMILES string of the molecule is Cc1cnn(NC=O)c1C.